The summed E-state index contributed by atoms with van der Waals surface area (Å²) in [5, 5.41) is 3.70. The van der Waals surface area contributed by atoms with E-state index in [9.17, 15) is 0 Å². The Morgan fingerprint density at radius 2 is 1.85 bits per heavy atom. The molecule has 0 radical (unpaired) electrons. The second-order valence-electron chi connectivity index (χ2n) is 5.70. The molecule has 0 aromatic heterocycles. The Balaban J connectivity index is 2.24. The number of nitrogens with one attached hydrogen (secondary N) is 1. The topological polar surface area (TPSA) is 12.0 Å². The van der Waals surface area contributed by atoms with Gasteiger partial charge in [-0.15, -0.1) is 0 Å². The van der Waals surface area contributed by atoms with Crippen molar-refractivity contribution >= 4 is 0 Å². The monoisotopic (exact) mass is 181 g/mol. The molecule has 1 aliphatic carbocycles. The quantitative estimate of drug-likeness (QED) is 0.606. The summed E-state index contributed by atoms with van der Waals surface area (Å²) in [6, 6.07) is 0. The van der Waals surface area contributed by atoms with Gasteiger partial charge in [0.05, 0.1) is 0 Å². The maximum atomic E-state index is 3.70. The van der Waals surface area contributed by atoms with Crippen LogP contribution in [0.1, 0.15) is 52.9 Å². The molecule has 1 nitrogen and oxygen atoms in total. The SMILES string of the molecule is CC1(C)NCCC2CCCCC21C. The van der Waals surface area contributed by atoms with E-state index in [-0.39, 0.29) is 0 Å². The second-order valence-corrected chi connectivity index (χ2v) is 5.70. The zero-order valence-corrected chi connectivity index (χ0v) is 9.32. The van der Waals surface area contributed by atoms with Gasteiger partial charge in [-0.25, -0.2) is 0 Å². The van der Waals surface area contributed by atoms with Gasteiger partial charge < -0.3 is 5.32 Å². The normalized spacial score (nSPS) is 44.1. The molecule has 0 bridgehead atoms. The van der Waals surface area contributed by atoms with Gasteiger partial charge in [-0.1, -0.05) is 19.8 Å². The van der Waals surface area contributed by atoms with Crippen LogP contribution in [-0.2, 0) is 0 Å². The van der Waals surface area contributed by atoms with Gasteiger partial charge >= 0.3 is 0 Å². The van der Waals surface area contributed by atoms with Crippen molar-refractivity contribution in [2.45, 2.75) is 58.4 Å². The molecule has 2 atom stereocenters. The summed E-state index contributed by atoms with van der Waals surface area (Å²) >= 11 is 0. The smallest absolute Gasteiger partial charge is 0.0181 e. The van der Waals surface area contributed by atoms with Crippen LogP contribution < -0.4 is 5.32 Å². The predicted octanol–water partition coefficient (Wildman–Crippen LogP) is 2.95. The Labute approximate surface area is 82.3 Å². The van der Waals surface area contributed by atoms with E-state index in [4.69, 9.17) is 0 Å². The van der Waals surface area contributed by atoms with Crippen molar-refractivity contribution in [3.8, 4) is 0 Å². The van der Waals surface area contributed by atoms with Crippen LogP contribution in [0, 0.1) is 11.3 Å². The fourth-order valence-corrected chi connectivity index (χ4v) is 3.45. The molecule has 1 heterocycles. The highest BCUT2D eigenvalue weighted by Gasteiger charge is 2.49. The highest BCUT2D eigenvalue weighted by atomic mass is 15.0. The van der Waals surface area contributed by atoms with Crippen molar-refractivity contribution in [3.05, 3.63) is 0 Å². The molecule has 1 aliphatic heterocycles. The first-order valence-corrected chi connectivity index (χ1v) is 5.81. The molecule has 2 aliphatic rings. The first-order chi connectivity index (χ1) is 6.06. The molecule has 1 saturated heterocycles. The third-order valence-corrected chi connectivity index (χ3v) is 4.89. The second kappa shape index (κ2) is 2.98. The van der Waals surface area contributed by atoms with E-state index in [2.05, 4.69) is 26.1 Å². The zero-order valence-electron chi connectivity index (χ0n) is 9.32. The van der Waals surface area contributed by atoms with Crippen molar-refractivity contribution in [2.24, 2.45) is 11.3 Å². The lowest BCUT2D eigenvalue weighted by Crippen LogP contribution is -2.61. The molecule has 0 aromatic rings. The molecule has 0 aromatic carbocycles. The average molecular weight is 181 g/mol. The minimum atomic E-state index is 0.357. The molecule has 1 saturated carbocycles. The standard InChI is InChI=1S/C12H23N/c1-11(2)12(3)8-5-4-6-10(12)7-9-13-11/h10,13H,4-9H2,1-3H3. The first-order valence-electron chi connectivity index (χ1n) is 5.81. The predicted molar refractivity (Wildman–Crippen MR) is 56.8 cm³/mol. The van der Waals surface area contributed by atoms with Crippen molar-refractivity contribution in [1.82, 2.24) is 5.32 Å². The van der Waals surface area contributed by atoms with Crippen LogP contribution in [0.5, 0.6) is 0 Å². The fraction of sp³-hybridized carbons (Fsp3) is 1.00. The van der Waals surface area contributed by atoms with Crippen LogP contribution in [-0.4, -0.2) is 12.1 Å². The third kappa shape index (κ3) is 1.32. The minimum absolute atomic E-state index is 0.357. The summed E-state index contributed by atoms with van der Waals surface area (Å²) in [5.74, 6) is 0.984. The van der Waals surface area contributed by atoms with E-state index in [0.717, 1.165) is 5.92 Å². The summed E-state index contributed by atoms with van der Waals surface area (Å²) in [6.45, 7) is 8.52. The molecule has 1 heteroatoms. The summed E-state index contributed by atoms with van der Waals surface area (Å²) in [5.41, 5.74) is 0.917. The van der Waals surface area contributed by atoms with Gasteiger partial charge in [0.25, 0.3) is 0 Å². The molecule has 76 valence electrons. The lowest BCUT2D eigenvalue weighted by atomic mass is 9.56. The maximum absolute atomic E-state index is 3.70. The molecule has 2 rings (SSSR count). The average Bonchev–Trinajstić information content (AvgIpc) is 2.06. The Hall–Kier alpha value is -0.0400. The van der Waals surface area contributed by atoms with Crippen LogP contribution in [0.15, 0.2) is 0 Å². The van der Waals surface area contributed by atoms with Crippen molar-refractivity contribution in [2.75, 3.05) is 6.54 Å². The lowest BCUT2D eigenvalue weighted by Gasteiger charge is -2.56. The number of hydrogen-bond acceptors (Lipinski definition) is 1. The highest BCUT2D eigenvalue weighted by molar-refractivity contribution is 5.04. The number of hydrogen-bond donors (Lipinski definition) is 1. The van der Waals surface area contributed by atoms with Crippen LogP contribution in [0.4, 0.5) is 0 Å². The van der Waals surface area contributed by atoms with Crippen LogP contribution in [0.25, 0.3) is 0 Å². The molecule has 0 spiro atoms. The molecular formula is C12H23N. The summed E-state index contributed by atoms with van der Waals surface area (Å²) in [7, 11) is 0. The molecular weight excluding hydrogens is 158 g/mol. The summed E-state index contributed by atoms with van der Waals surface area (Å²) in [4.78, 5) is 0. The Bertz CT molecular complexity index is 195. The van der Waals surface area contributed by atoms with Crippen LogP contribution in [0.3, 0.4) is 0 Å². The van der Waals surface area contributed by atoms with Gasteiger partial charge in [0.1, 0.15) is 0 Å². The van der Waals surface area contributed by atoms with Gasteiger partial charge in [-0.05, 0) is 51.0 Å². The Morgan fingerprint density at radius 1 is 1.08 bits per heavy atom. The third-order valence-electron chi connectivity index (χ3n) is 4.89. The Morgan fingerprint density at radius 3 is 2.54 bits per heavy atom. The van der Waals surface area contributed by atoms with Gasteiger partial charge in [0.2, 0.25) is 0 Å². The van der Waals surface area contributed by atoms with Crippen LogP contribution >= 0.6 is 0 Å². The summed E-state index contributed by atoms with van der Waals surface area (Å²) in [6.07, 6.45) is 7.22. The molecule has 13 heavy (non-hydrogen) atoms. The largest absolute Gasteiger partial charge is 0.311 e. The van der Waals surface area contributed by atoms with E-state index in [1.165, 1.54) is 38.6 Å². The number of rotatable bonds is 0. The first kappa shape index (κ1) is 9.51. The van der Waals surface area contributed by atoms with Gasteiger partial charge in [0, 0.05) is 5.54 Å². The fourth-order valence-electron chi connectivity index (χ4n) is 3.45. The van der Waals surface area contributed by atoms with E-state index in [1.54, 1.807) is 0 Å². The lowest BCUT2D eigenvalue weighted by molar-refractivity contribution is -0.0155. The number of piperidine rings is 1. The minimum Gasteiger partial charge on any atom is -0.311 e. The van der Waals surface area contributed by atoms with Crippen molar-refractivity contribution in [1.29, 1.82) is 0 Å². The highest BCUT2D eigenvalue weighted by Crippen LogP contribution is 2.51. The van der Waals surface area contributed by atoms with Crippen molar-refractivity contribution in [3.63, 3.8) is 0 Å². The van der Waals surface area contributed by atoms with E-state index in [0.29, 0.717) is 11.0 Å². The van der Waals surface area contributed by atoms with Crippen LogP contribution in [0.2, 0.25) is 0 Å². The molecule has 2 unspecified atom stereocenters. The molecule has 0 amide bonds. The van der Waals surface area contributed by atoms with Crippen molar-refractivity contribution < 1.29 is 0 Å². The molecule has 1 N–H and O–H groups in total. The van der Waals surface area contributed by atoms with Gasteiger partial charge in [0.15, 0.2) is 0 Å². The van der Waals surface area contributed by atoms with E-state index >= 15 is 0 Å². The van der Waals surface area contributed by atoms with E-state index in [1.807, 2.05) is 0 Å². The maximum Gasteiger partial charge on any atom is 0.0181 e. The van der Waals surface area contributed by atoms with Gasteiger partial charge in [-0.3, -0.25) is 0 Å². The summed E-state index contributed by atoms with van der Waals surface area (Å²) < 4.78 is 0. The Kier molecular flexibility index (Phi) is 2.18. The van der Waals surface area contributed by atoms with Gasteiger partial charge in [-0.2, -0.15) is 0 Å². The zero-order chi connectivity index (χ0) is 9.53. The number of fused-ring (bicyclic) bond motifs is 1. The van der Waals surface area contributed by atoms with E-state index < -0.39 is 0 Å². The molecule has 2 fully saturated rings.